The number of unbranched alkanes of at least 4 members (excludes halogenated alkanes) is 1. The Kier molecular flexibility index (Phi) is 4.83. The molecule has 0 aromatic carbocycles. The summed E-state index contributed by atoms with van der Waals surface area (Å²) in [5, 5.41) is 11.8. The van der Waals surface area contributed by atoms with Crippen LogP contribution in [0.4, 0.5) is 0 Å². The molecule has 13 heavy (non-hydrogen) atoms. The number of piperidine rings is 1. The summed E-state index contributed by atoms with van der Waals surface area (Å²) >= 11 is 0. The molecular weight excluding hydrogens is 166 g/mol. The molecule has 3 nitrogen and oxygen atoms in total. The third-order valence-electron chi connectivity index (χ3n) is 2.65. The van der Waals surface area contributed by atoms with Crippen LogP contribution in [0.15, 0.2) is 0 Å². The molecule has 76 valence electrons. The summed E-state index contributed by atoms with van der Waals surface area (Å²) in [6, 6.07) is 0. The largest absolute Gasteiger partial charge is 0.481 e. The quantitative estimate of drug-likeness (QED) is 0.640. The van der Waals surface area contributed by atoms with Gasteiger partial charge in [0.2, 0.25) is 0 Å². The summed E-state index contributed by atoms with van der Waals surface area (Å²) in [5.41, 5.74) is 0. The van der Waals surface area contributed by atoms with Gasteiger partial charge in [-0.3, -0.25) is 4.79 Å². The van der Waals surface area contributed by atoms with Crippen molar-refractivity contribution >= 4 is 5.97 Å². The maximum Gasteiger partial charge on any atom is 0.303 e. The number of hydrogen-bond donors (Lipinski definition) is 2. The lowest BCUT2D eigenvalue weighted by atomic mass is 9.94. The minimum absolute atomic E-state index is 0.333. The average molecular weight is 185 g/mol. The molecule has 1 unspecified atom stereocenters. The molecule has 0 aromatic rings. The summed E-state index contributed by atoms with van der Waals surface area (Å²) in [6.45, 7) is 2.29. The van der Waals surface area contributed by atoms with Crippen molar-refractivity contribution in [2.24, 2.45) is 5.92 Å². The molecule has 1 saturated heterocycles. The lowest BCUT2D eigenvalue weighted by molar-refractivity contribution is -0.137. The fourth-order valence-corrected chi connectivity index (χ4v) is 1.88. The second-order valence-electron chi connectivity index (χ2n) is 3.85. The van der Waals surface area contributed by atoms with E-state index in [2.05, 4.69) is 5.32 Å². The highest BCUT2D eigenvalue weighted by Crippen LogP contribution is 2.17. The molecule has 3 heteroatoms. The van der Waals surface area contributed by atoms with Crippen LogP contribution in [-0.2, 0) is 4.79 Å². The summed E-state index contributed by atoms with van der Waals surface area (Å²) in [5.74, 6) is 0.129. The van der Waals surface area contributed by atoms with E-state index < -0.39 is 5.97 Å². The Hall–Kier alpha value is -0.570. The number of nitrogens with one attached hydrogen (secondary N) is 1. The van der Waals surface area contributed by atoms with Crippen LogP contribution in [0.1, 0.15) is 38.5 Å². The van der Waals surface area contributed by atoms with E-state index in [0.717, 1.165) is 31.8 Å². The smallest absolute Gasteiger partial charge is 0.303 e. The first kappa shape index (κ1) is 10.5. The third-order valence-corrected chi connectivity index (χ3v) is 2.65. The minimum atomic E-state index is -0.665. The first-order chi connectivity index (χ1) is 6.29. The maximum atomic E-state index is 10.2. The molecule has 0 radical (unpaired) electrons. The van der Waals surface area contributed by atoms with Crippen LogP contribution in [0, 0.1) is 5.92 Å². The Balaban J connectivity index is 1.95. The highest BCUT2D eigenvalue weighted by atomic mass is 16.4. The van der Waals surface area contributed by atoms with Crippen LogP contribution in [0.25, 0.3) is 0 Å². The Morgan fingerprint density at radius 3 is 2.92 bits per heavy atom. The lowest BCUT2D eigenvalue weighted by Gasteiger charge is -2.22. The zero-order valence-corrected chi connectivity index (χ0v) is 8.09. The molecule has 1 aliphatic rings. The fourth-order valence-electron chi connectivity index (χ4n) is 1.88. The van der Waals surface area contributed by atoms with E-state index in [1.165, 1.54) is 19.3 Å². The van der Waals surface area contributed by atoms with Gasteiger partial charge in [-0.1, -0.05) is 6.42 Å². The van der Waals surface area contributed by atoms with Gasteiger partial charge in [-0.05, 0) is 44.7 Å². The summed E-state index contributed by atoms with van der Waals surface area (Å²) in [4.78, 5) is 10.2. The van der Waals surface area contributed by atoms with Crippen LogP contribution in [0.3, 0.4) is 0 Å². The number of rotatable bonds is 5. The van der Waals surface area contributed by atoms with E-state index in [4.69, 9.17) is 5.11 Å². The lowest BCUT2D eigenvalue weighted by Crippen LogP contribution is -2.29. The van der Waals surface area contributed by atoms with Crippen LogP contribution < -0.4 is 5.32 Å². The number of carboxylic acid groups (broad SMARTS) is 1. The summed E-state index contributed by atoms with van der Waals surface area (Å²) < 4.78 is 0. The van der Waals surface area contributed by atoms with E-state index in [-0.39, 0.29) is 0 Å². The third kappa shape index (κ3) is 4.88. The van der Waals surface area contributed by atoms with Crippen molar-refractivity contribution in [1.29, 1.82) is 0 Å². The van der Waals surface area contributed by atoms with Gasteiger partial charge in [-0.15, -0.1) is 0 Å². The molecule has 1 atom stereocenters. The van der Waals surface area contributed by atoms with Crippen LogP contribution >= 0.6 is 0 Å². The highest BCUT2D eigenvalue weighted by Gasteiger charge is 2.12. The van der Waals surface area contributed by atoms with Crippen molar-refractivity contribution in [3.8, 4) is 0 Å². The van der Waals surface area contributed by atoms with Crippen molar-refractivity contribution in [3.63, 3.8) is 0 Å². The van der Waals surface area contributed by atoms with Gasteiger partial charge >= 0.3 is 5.97 Å². The molecule has 0 bridgehead atoms. The Labute approximate surface area is 79.5 Å². The second-order valence-corrected chi connectivity index (χ2v) is 3.85. The number of carboxylic acids is 1. The number of aliphatic carboxylic acids is 1. The van der Waals surface area contributed by atoms with Gasteiger partial charge in [0, 0.05) is 6.42 Å². The van der Waals surface area contributed by atoms with Crippen molar-refractivity contribution < 1.29 is 9.90 Å². The van der Waals surface area contributed by atoms with E-state index in [1.807, 2.05) is 0 Å². The standard InChI is InChI=1S/C10H19NO2/c12-10(13)6-2-1-4-9-5-3-7-11-8-9/h9,11H,1-8H2,(H,12,13). The Morgan fingerprint density at radius 2 is 2.31 bits per heavy atom. The van der Waals surface area contributed by atoms with E-state index >= 15 is 0 Å². The van der Waals surface area contributed by atoms with E-state index in [9.17, 15) is 4.79 Å². The molecule has 1 heterocycles. The van der Waals surface area contributed by atoms with Crippen molar-refractivity contribution in [2.45, 2.75) is 38.5 Å². The average Bonchev–Trinajstić information content (AvgIpc) is 2.14. The zero-order valence-electron chi connectivity index (χ0n) is 8.09. The first-order valence-corrected chi connectivity index (χ1v) is 5.21. The Morgan fingerprint density at radius 1 is 1.46 bits per heavy atom. The number of carbonyl (C=O) groups is 1. The van der Waals surface area contributed by atoms with Crippen molar-refractivity contribution in [3.05, 3.63) is 0 Å². The van der Waals surface area contributed by atoms with Crippen molar-refractivity contribution in [2.75, 3.05) is 13.1 Å². The molecular formula is C10H19NO2. The molecule has 0 spiro atoms. The van der Waals surface area contributed by atoms with Gasteiger partial charge < -0.3 is 10.4 Å². The summed E-state index contributed by atoms with van der Waals surface area (Å²) in [6.07, 6.45) is 6.04. The fraction of sp³-hybridized carbons (Fsp3) is 0.900. The molecule has 1 rings (SSSR count). The van der Waals surface area contributed by atoms with Gasteiger partial charge in [0.1, 0.15) is 0 Å². The van der Waals surface area contributed by atoms with Gasteiger partial charge in [0.05, 0.1) is 0 Å². The van der Waals surface area contributed by atoms with Crippen LogP contribution in [0.5, 0.6) is 0 Å². The predicted molar refractivity (Wildman–Crippen MR) is 51.7 cm³/mol. The van der Waals surface area contributed by atoms with Crippen LogP contribution in [0.2, 0.25) is 0 Å². The molecule has 1 fully saturated rings. The molecule has 0 aliphatic carbocycles. The first-order valence-electron chi connectivity index (χ1n) is 5.21. The van der Waals surface area contributed by atoms with Gasteiger partial charge in [0.15, 0.2) is 0 Å². The molecule has 0 amide bonds. The number of hydrogen-bond acceptors (Lipinski definition) is 2. The zero-order chi connectivity index (χ0) is 9.52. The molecule has 0 saturated carbocycles. The molecule has 2 N–H and O–H groups in total. The second kappa shape index (κ2) is 5.97. The van der Waals surface area contributed by atoms with E-state index in [0.29, 0.717) is 6.42 Å². The minimum Gasteiger partial charge on any atom is -0.481 e. The van der Waals surface area contributed by atoms with Gasteiger partial charge in [-0.25, -0.2) is 0 Å². The summed E-state index contributed by atoms with van der Waals surface area (Å²) in [7, 11) is 0. The predicted octanol–water partition coefficient (Wildman–Crippen LogP) is 1.63. The Bertz CT molecular complexity index is 153. The van der Waals surface area contributed by atoms with Crippen LogP contribution in [-0.4, -0.2) is 24.2 Å². The maximum absolute atomic E-state index is 10.2. The normalized spacial score (nSPS) is 22.9. The van der Waals surface area contributed by atoms with E-state index in [1.54, 1.807) is 0 Å². The SMILES string of the molecule is O=C(O)CCCCC1CCCNC1. The van der Waals surface area contributed by atoms with Crippen molar-refractivity contribution in [1.82, 2.24) is 5.32 Å². The van der Waals surface area contributed by atoms with Gasteiger partial charge in [0.25, 0.3) is 0 Å². The monoisotopic (exact) mass is 185 g/mol. The molecule has 0 aromatic heterocycles. The highest BCUT2D eigenvalue weighted by molar-refractivity contribution is 5.66. The molecule has 1 aliphatic heterocycles. The topological polar surface area (TPSA) is 49.3 Å². The van der Waals surface area contributed by atoms with Gasteiger partial charge in [-0.2, -0.15) is 0 Å².